The van der Waals surface area contributed by atoms with E-state index in [9.17, 15) is 5.26 Å². The largest absolute Gasteiger partial charge is 0.307 e. The van der Waals surface area contributed by atoms with Gasteiger partial charge in [-0.05, 0) is 91.9 Å². The molecule has 3 heterocycles. The van der Waals surface area contributed by atoms with Crippen molar-refractivity contribution in [3.8, 4) is 50.8 Å². The summed E-state index contributed by atoms with van der Waals surface area (Å²) in [6, 6.07) is 54.8. The highest BCUT2D eigenvalue weighted by Crippen LogP contribution is 2.43. The number of nitrogens with zero attached hydrogens (tertiary/aromatic N) is 4. The zero-order chi connectivity index (χ0) is 38.1. The standard InChI is InChI=1S/C52H38N4/c1-32-20-33(2)23-40(22-32)37-16-18-44-42-12-5-7-14-46(42)55(48(44)27-37)50-30-54-31-51(52(50)39-11-9-10-36(26-39)29-53)56-47-15-8-6-13-43(47)45-19-17-38(28-49(45)56)41-24-34(3)21-35(4)25-41/h5-28,30-31H,1-4H3. The summed E-state index contributed by atoms with van der Waals surface area (Å²) in [4.78, 5) is 5.05. The molecule has 0 atom stereocenters. The molecular weight excluding hydrogens is 681 g/mol. The van der Waals surface area contributed by atoms with Gasteiger partial charge in [-0.25, -0.2) is 0 Å². The third kappa shape index (κ3) is 5.40. The molecule has 56 heavy (non-hydrogen) atoms. The number of hydrogen-bond acceptors (Lipinski definition) is 2. The van der Waals surface area contributed by atoms with Gasteiger partial charge in [-0.15, -0.1) is 0 Å². The molecular formula is C52H38N4. The van der Waals surface area contributed by atoms with Crippen LogP contribution in [0.5, 0.6) is 0 Å². The highest BCUT2D eigenvalue weighted by Gasteiger charge is 2.23. The summed E-state index contributed by atoms with van der Waals surface area (Å²) in [6.07, 6.45) is 3.98. The highest BCUT2D eigenvalue weighted by molar-refractivity contribution is 6.13. The molecule has 0 saturated heterocycles. The van der Waals surface area contributed by atoms with Crippen LogP contribution in [0, 0.1) is 39.0 Å². The van der Waals surface area contributed by atoms with Gasteiger partial charge in [-0.3, -0.25) is 4.98 Å². The molecule has 0 aliphatic carbocycles. The van der Waals surface area contributed by atoms with Crippen molar-refractivity contribution in [3.05, 3.63) is 186 Å². The Labute approximate surface area is 326 Å². The number of rotatable bonds is 5. The molecule has 3 aromatic heterocycles. The molecule has 4 nitrogen and oxygen atoms in total. The lowest BCUT2D eigenvalue weighted by molar-refractivity contribution is 1.09. The second kappa shape index (κ2) is 13.0. The number of para-hydroxylation sites is 2. The smallest absolute Gasteiger partial charge is 0.0991 e. The first-order valence-corrected chi connectivity index (χ1v) is 19.1. The van der Waals surface area contributed by atoms with E-state index in [1.807, 2.05) is 30.6 Å². The van der Waals surface area contributed by atoms with Gasteiger partial charge >= 0.3 is 0 Å². The number of nitriles is 1. The summed E-state index contributed by atoms with van der Waals surface area (Å²) in [5.41, 5.74) is 18.5. The minimum Gasteiger partial charge on any atom is -0.307 e. The first-order chi connectivity index (χ1) is 27.3. The molecule has 0 amide bonds. The lowest BCUT2D eigenvalue weighted by atomic mass is 9.99. The Morgan fingerprint density at radius 1 is 0.411 bits per heavy atom. The second-order valence-corrected chi connectivity index (χ2v) is 15.2. The summed E-state index contributed by atoms with van der Waals surface area (Å²) in [7, 11) is 0. The Kier molecular flexibility index (Phi) is 7.73. The molecule has 0 spiro atoms. The van der Waals surface area contributed by atoms with Gasteiger partial charge in [0.15, 0.2) is 0 Å². The summed E-state index contributed by atoms with van der Waals surface area (Å²) in [5, 5.41) is 14.9. The summed E-state index contributed by atoms with van der Waals surface area (Å²) in [5.74, 6) is 0. The molecule has 0 aliphatic rings. The van der Waals surface area contributed by atoms with Crippen molar-refractivity contribution >= 4 is 43.6 Å². The lowest BCUT2D eigenvalue weighted by Crippen LogP contribution is -2.05. The van der Waals surface area contributed by atoms with E-state index in [2.05, 4.69) is 170 Å². The Morgan fingerprint density at radius 3 is 1.36 bits per heavy atom. The van der Waals surface area contributed by atoms with Gasteiger partial charge in [-0.1, -0.05) is 131 Å². The Bertz CT molecular complexity index is 3030. The fourth-order valence-corrected chi connectivity index (χ4v) is 8.92. The lowest BCUT2D eigenvalue weighted by Gasteiger charge is -2.20. The number of pyridine rings is 1. The number of aromatic nitrogens is 3. The molecule has 0 N–H and O–H groups in total. The predicted molar refractivity (Wildman–Crippen MR) is 233 cm³/mol. The fourth-order valence-electron chi connectivity index (χ4n) is 8.92. The van der Waals surface area contributed by atoms with E-state index in [4.69, 9.17) is 4.98 Å². The number of benzene rings is 7. The Balaban J connectivity index is 1.33. The van der Waals surface area contributed by atoms with E-state index in [1.165, 1.54) is 54.9 Å². The summed E-state index contributed by atoms with van der Waals surface area (Å²) < 4.78 is 4.74. The van der Waals surface area contributed by atoms with Crippen LogP contribution in [0.4, 0.5) is 0 Å². The van der Waals surface area contributed by atoms with Gasteiger partial charge in [-0.2, -0.15) is 5.26 Å². The van der Waals surface area contributed by atoms with Crippen LogP contribution in [-0.2, 0) is 0 Å². The first-order valence-electron chi connectivity index (χ1n) is 19.1. The molecule has 10 rings (SSSR count). The van der Waals surface area contributed by atoms with Crippen LogP contribution in [0.2, 0.25) is 0 Å². The van der Waals surface area contributed by atoms with Crippen molar-refractivity contribution in [1.29, 1.82) is 5.26 Å². The van der Waals surface area contributed by atoms with Crippen molar-refractivity contribution in [1.82, 2.24) is 14.1 Å². The third-order valence-corrected chi connectivity index (χ3v) is 11.1. The fraction of sp³-hybridized carbons (Fsp3) is 0.0769. The van der Waals surface area contributed by atoms with E-state index in [-0.39, 0.29) is 0 Å². The van der Waals surface area contributed by atoms with Gasteiger partial charge in [0.2, 0.25) is 0 Å². The van der Waals surface area contributed by atoms with Crippen molar-refractivity contribution < 1.29 is 0 Å². The van der Waals surface area contributed by atoms with Crippen molar-refractivity contribution in [3.63, 3.8) is 0 Å². The number of aryl methyl sites for hydroxylation is 4. The van der Waals surface area contributed by atoms with E-state index in [0.29, 0.717) is 5.56 Å². The molecule has 0 radical (unpaired) electrons. The van der Waals surface area contributed by atoms with Crippen molar-refractivity contribution in [2.24, 2.45) is 0 Å². The maximum absolute atomic E-state index is 10.2. The van der Waals surface area contributed by atoms with Crippen LogP contribution >= 0.6 is 0 Å². The van der Waals surface area contributed by atoms with Crippen LogP contribution in [0.15, 0.2) is 158 Å². The van der Waals surface area contributed by atoms with Crippen molar-refractivity contribution in [2.75, 3.05) is 0 Å². The normalized spacial score (nSPS) is 11.6. The zero-order valence-electron chi connectivity index (χ0n) is 31.8. The quantitative estimate of drug-likeness (QED) is 0.178. The predicted octanol–water partition coefficient (Wildman–Crippen LogP) is 13.4. The molecule has 0 saturated carbocycles. The molecule has 0 unspecified atom stereocenters. The molecule has 0 bridgehead atoms. The number of fused-ring (bicyclic) bond motifs is 6. The van der Waals surface area contributed by atoms with Crippen LogP contribution in [-0.4, -0.2) is 14.1 Å². The third-order valence-electron chi connectivity index (χ3n) is 11.1. The maximum atomic E-state index is 10.2. The molecule has 10 aromatic rings. The molecule has 0 aliphatic heterocycles. The molecule has 0 fully saturated rings. The Hall–Kier alpha value is -7.22. The van der Waals surface area contributed by atoms with E-state index in [1.54, 1.807) is 0 Å². The molecule has 266 valence electrons. The topological polar surface area (TPSA) is 46.5 Å². The van der Waals surface area contributed by atoms with Gasteiger partial charge < -0.3 is 9.13 Å². The molecule has 7 aromatic carbocycles. The second-order valence-electron chi connectivity index (χ2n) is 15.2. The van der Waals surface area contributed by atoms with E-state index >= 15 is 0 Å². The zero-order valence-corrected chi connectivity index (χ0v) is 31.8. The van der Waals surface area contributed by atoms with Gasteiger partial charge in [0.25, 0.3) is 0 Å². The summed E-state index contributed by atoms with van der Waals surface area (Å²) >= 11 is 0. The van der Waals surface area contributed by atoms with Crippen LogP contribution in [0.25, 0.3) is 88.4 Å². The average Bonchev–Trinajstić information content (AvgIpc) is 3.72. The van der Waals surface area contributed by atoms with Crippen LogP contribution in [0.1, 0.15) is 27.8 Å². The number of hydrogen-bond donors (Lipinski definition) is 0. The Morgan fingerprint density at radius 2 is 0.875 bits per heavy atom. The molecule has 4 heteroatoms. The van der Waals surface area contributed by atoms with Crippen LogP contribution in [0.3, 0.4) is 0 Å². The van der Waals surface area contributed by atoms with Crippen LogP contribution < -0.4 is 0 Å². The van der Waals surface area contributed by atoms with Crippen molar-refractivity contribution in [2.45, 2.75) is 27.7 Å². The van der Waals surface area contributed by atoms with E-state index in [0.717, 1.165) is 55.7 Å². The summed E-state index contributed by atoms with van der Waals surface area (Å²) in [6.45, 7) is 8.63. The van der Waals surface area contributed by atoms with Gasteiger partial charge in [0, 0.05) is 27.1 Å². The van der Waals surface area contributed by atoms with E-state index < -0.39 is 0 Å². The SMILES string of the molecule is Cc1cc(C)cc(-c2ccc3c4ccccc4n(-c4cncc(-n5c6ccccc6c6ccc(-c7cc(C)cc(C)c7)cc65)c4-c4cccc(C#N)c4)c3c2)c1. The van der Waals surface area contributed by atoms with Gasteiger partial charge in [0.05, 0.1) is 57.5 Å². The minimum atomic E-state index is 0.606. The van der Waals surface area contributed by atoms with Gasteiger partial charge in [0.1, 0.15) is 0 Å². The maximum Gasteiger partial charge on any atom is 0.0991 e. The first kappa shape index (κ1) is 33.4. The minimum absolute atomic E-state index is 0.606. The average molecular weight is 719 g/mol. The highest BCUT2D eigenvalue weighted by atomic mass is 15.0. The monoisotopic (exact) mass is 718 g/mol.